The molecule has 0 unspecified atom stereocenters. The van der Waals surface area contributed by atoms with Crippen LogP contribution in [0.5, 0.6) is 0 Å². The van der Waals surface area contributed by atoms with Crippen LogP contribution in [-0.4, -0.2) is 37.5 Å². The third-order valence-electron chi connectivity index (χ3n) is 3.27. The predicted octanol–water partition coefficient (Wildman–Crippen LogP) is 2.30. The SMILES string of the molecule is CCCCNc1ncnc(NCCCn2ccnc2)c1[N+](=O)[O-]. The number of hydrogen-bond donors (Lipinski definition) is 2. The van der Waals surface area contributed by atoms with Gasteiger partial charge in [-0.3, -0.25) is 10.1 Å². The fourth-order valence-corrected chi connectivity index (χ4v) is 2.08. The number of imidazole rings is 1. The number of unbranched alkanes of at least 4 members (excludes halogenated alkanes) is 1. The zero-order valence-electron chi connectivity index (χ0n) is 13.1. The van der Waals surface area contributed by atoms with Gasteiger partial charge in [-0.2, -0.15) is 0 Å². The fraction of sp³-hybridized carbons (Fsp3) is 0.500. The van der Waals surface area contributed by atoms with Crippen molar-refractivity contribution >= 4 is 17.3 Å². The molecule has 0 aromatic carbocycles. The van der Waals surface area contributed by atoms with Gasteiger partial charge in [0.1, 0.15) is 6.33 Å². The molecule has 0 bridgehead atoms. The molecule has 0 saturated carbocycles. The van der Waals surface area contributed by atoms with Crippen molar-refractivity contribution in [3.05, 3.63) is 35.2 Å². The molecule has 0 saturated heterocycles. The second kappa shape index (κ2) is 8.66. The van der Waals surface area contributed by atoms with E-state index in [1.165, 1.54) is 6.33 Å². The highest BCUT2D eigenvalue weighted by molar-refractivity contribution is 5.69. The Kier molecular flexibility index (Phi) is 6.28. The van der Waals surface area contributed by atoms with Crippen LogP contribution >= 0.6 is 0 Å². The molecule has 124 valence electrons. The molecule has 0 spiro atoms. The van der Waals surface area contributed by atoms with Crippen LogP contribution in [0, 0.1) is 10.1 Å². The first-order valence-electron chi connectivity index (χ1n) is 7.65. The third-order valence-corrected chi connectivity index (χ3v) is 3.27. The van der Waals surface area contributed by atoms with Crippen molar-refractivity contribution in [3.63, 3.8) is 0 Å². The smallest absolute Gasteiger partial charge is 0.353 e. The van der Waals surface area contributed by atoms with Gasteiger partial charge in [0.25, 0.3) is 0 Å². The van der Waals surface area contributed by atoms with E-state index in [0.717, 1.165) is 25.8 Å². The minimum absolute atomic E-state index is 0.105. The summed E-state index contributed by atoms with van der Waals surface area (Å²) in [4.78, 5) is 22.8. The highest BCUT2D eigenvalue weighted by Gasteiger charge is 2.22. The number of anilines is 2. The summed E-state index contributed by atoms with van der Waals surface area (Å²) in [6, 6.07) is 0. The molecule has 0 aliphatic carbocycles. The molecule has 0 amide bonds. The first-order chi connectivity index (χ1) is 11.2. The zero-order chi connectivity index (χ0) is 16.5. The van der Waals surface area contributed by atoms with Crippen molar-refractivity contribution in [1.82, 2.24) is 19.5 Å². The van der Waals surface area contributed by atoms with Crippen LogP contribution in [0.2, 0.25) is 0 Å². The van der Waals surface area contributed by atoms with Crippen LogP contribution in [0.15, 0.2) is 25.0 Å². The molecule has 2 N–H and O–H groups in total. The summed E-state index contributed by atoms with van der Waals surface area (Å²) >= 11 is 0. The molecule has 23 heavy (non-hydrogen) atoms. The van der Waals surface area contributed by atoms with Gasteiger partial charge in [-0.15, -0.1) is 0 Å². The molecule has 0 atom stereocenters. The van der Waals surface area contributed by atoms with Crippen LogP contribution < -0.4 is 10.6 Å². The maximum atomic E-state index is 11.3. The molecule has 9 nitrogen and oxygen atoms in total. The van der Waals surface area contributed by atoms with Crippen molar-refractivity contribution in [1.29, 1.82) is 0 Å². The number of nitro groups is 1. The lowest BCUT2D eigenvalue weighted by atomic mass is 10.3. The Morgan fingerprint density at radius 3 is 2.48 bits per heavy atom. The number of aryl methyl sites for hydroxylation is 1. The summed E-state index contributed by atoms with van der Waals surface area (Å²) in [5.74, 6) is 0.505. The number of nitrogens with one attached hydrogen (secondary N) is 2. The van der Waals surface area contributed by atoms with Crippen LogP contribution in [-0.2, 0) is 6.54 Å². The van der Waals surface area contributed by atoms with Gasteiger partial charge in [0.05, 0.1) is 11.3 Å². The Hall–Kier alpha value is -2.71. The van der Waals surface area contributed by atoms with E-state index >= 15 is 0 Å². The lowest BCUT2D eigenvalue weighted by molar-refractivity contribution is -0.383. The van der Waals surface area contributed by atoms with Crippen LogP contribution in [0.4, 0.5) is 17.3 Å². The summed E-state index contributed by atoms with van der Waals surface area (Å²) in [6.07, 6.45) is 9.40. The quantitative estimate of drug-likeness (QED) is 0.392. The molecule has 0 fully saturated rings. The molecule has 2 rings (SSSR count). The maximum absolute atomic E-state index is 11.3. The maximum Gasteiger partial charge on any atom is 0.353 e. The van der Waals surface area contributed by atoms with E-state index in [4.69, 9.17) is 0 Å². The van der Waals surface area contributed by atoms with Gasteiger partial charge in [0.15, 0.2) is 0 Å². The van der Waals surface area contributed by atoms with Crippen LogP contribution in [0.3, 0.4) is 0 Å². The monoisotopic (exact) mass is 319 g/mol. The Morgan fingerprint density at radius 1 is 1.22 bits per heavy atom. The van der Waals surface area contributed by atoms with E-state index in [0.29, 0.717) is 13.1 Å². The van der Waals surface area contributed by atoms with Gasteiger partial charge in [-0.1, -0.05) is 13.3 Å². The van der Waals surface area contributed by atoms with Crippen molar-refractivity contribution in [2.45, 2.75) is 32.7 Å². The highest BCUT2D eigenvalue weighted by atomic mass is 16.6. The van der Waals surface area contributed by atoms with E-state index in [1.807, 2.05) is 10.8 Å². The van der Waals surface area contributed by atoms with Crippen molar-refractivity contribution in [2.75, 3.05) is 23.7 Å². The van der Waals surface area contributed by atoms with Crippen molar-refractivity contribution in [2.24, 2.45) is 0 Å². The van der Waals surface area contributed by atoms with Gasteiger partial charge in [-0.05, 0) is 12.8 Å². The van der Waals surface area contributed by atoms with Gasteiger partial charge < -0.3 is 15.2 Å². The largest absolute Gasteiger partial charge is 0.364 e. The molecule has 0 aliphatic rings. The average Bonchev–Trinajstić information content (AvgIpc) is 3.05. The second-order valence-corrected chi connectivity index (χ2v) is 5.04. The summed E-state index contributed by atoms with van der Waals surface area (Å²) in [5.41, 5.74) is -0.105. The molecule has 2 heterocycles. The molecule has 0 aliphatic heterocycles. The van der Waals surface area contributed by atoms with E-state index in [-0.39, 0.29) is 17.3 Å². The van der Waals surface area contributed by atoms with E-state index in [1.54, 1.807) is 12.5 Å². The zero-order valence-corrected chi connectivity index (χ0v) is 13.1. The Bertz CT molecular complexity index is 616. The summed E-state index contributed by atoms with van der Waals surface area (Å²) < 4.78 is 1.95. The highest BCUT2D eigenvalue weighted by Crippen LogP contribution is 2.28. The molecular weight excluding hydrogens is 298 g/mol. The number of aromatic nitrogens is 4. The minimum atomic E-state index is -0.452. The Morgan fingerprint density at radius 2 is 1.91 bits per heavy atom. The minimum Gasteiger partial charge on any atom is -0.364 e. The number of hydrogen-bond acceptors (Lipinski definition) is 7. The fourth-order valence-electron chi connectivity index (χ4n) is 2.08. The molecule has 9 heteroatoms. The van der Waals surface area contributed by atoms with Crippen molar-refractivity contribution in [3.8, 4) is 0 Å². The first-order valence-corrected chi connectivity index (χ1v) is 7.65. The van der Waals surface area contributed by atoms with Crippen LogP contribution in [0.25, 0.3) is 0 Å². The topological polar surface area (TPSA) is 111 Å². The summed E-state index contributed by atoms with van der Waals surface area (Å²) in [5, 5.41) is 17.4. The van der Waals surface area contributed by atoms with Crippen LogP contribution in [0.1, 0.15) is 26.2 Å². The molecule has 0 radical (unpaired) electrons. The predicted molar refractivity (Wildman–Crippen MR) is 87.4 cm³/mol. The van der Waals surface area contributed by atoms with Crippen molar-refractivity contribution < 1.29 is 4.92 Å². The van der Waals surface area contributed by atoms with E-state index in [2.05, 4.69) is 32.5 Å². The lowest BCUT2D eigenvalue weighted by Crippen LogP contribution is -2.12. The first kappa shape index (κ1) is 16.7. The van der Waals surface area contributed by atoms with E-state index < -0.39 is 4.92 Å². The standard InChI is InChI=1S/C14H21N7O2/c1-2-3-5-16-13-12(21(22)23)14(19-10-18-13)17-6-4-8-20-9-7-15-11-20/h7,9-11H,2-6,8H2,1H3,(H2,16,17,18,19). The Balaban J connectivity index is 1.96. The summed E-state index contributed by atoms with van der Waals surface area (Å²) in [7, 11) is 0. The van der Waals surface area contributed by atoms with Gasteiger partial charge in [0, 0.05) is 32.0 Å². The average molecular weight is 319 g/mol. The van der Waals surface area contributed by atoms with Gasteiger partial charge in [-0.25, -0.2) is 15.0 Å². The normalized spacial score (nSPS) is 10.5. The van der Waals surface area contributed by atoms with Gasteiger partial charge in [0.2, 0.25) is 11.6 Å². The molecule has 2 aromatic rings. The molecular formula is C14H21N7O2. The Labute approximate surface area is 134 Å². The van der Waals surface area contributed by atoms with E-state index in [9.17, 15) is 10.1 Å². The summed E-state index contributed by atoms with van der Waals surface area (Å²) in [6.45, 7) is 4.07. The molecule has 2 aromatic heterocycles. The second-order valence-electron chi connectivity index (χ2n) is 5.04. The number of rotatable bonds is 10. The third kappa shape index (κ3) is 4.90. The van der Waals surface area contributed by atoms with Gasteiger partial charge >= 0.3 is 5.69 Å². The number of nitrogens with zero attached hydrogens (tertiary/aromatic N) is 5. The lowest BCUT2D eigenvalue weighted by Gasteiger charge is -2.10.